The molecule has 0 spiro atoms. The van der Waals surface area contributed by atoms with Gasteiger partial charge in [-0.3, -0.25) is 0 Å². The van der Waals surface area contributed by atoms with Crippen molar-refractivity contribution in [3.63, 3.8) is 0 Å². The van der Waals surface area contributed by atoms with E-state index in [1.54, 1.807) is 0 Å². The number of allylic oxidation sites excluding steroid dienone is 5. The standard InChI is InChI=1S/C22H27BrO/c1-21(2,3)18-12-15(11-16-9-7-8-10-20(16)23)13-19(17(18)14-24)22(4,5)6/h7-14,17H,1-6H3. The molecule has 0 saturated carbocycles. The number of hydrogen-bond acceptors (Lipinski definition) is 1. The number of rotatable bonds is 2. The third-order valence-electron chi connectivity index (χ3n) is 4.41. The Morgan fingerprint density at radius 1 is 0.917 bits per heavy atom. The number of carbonyl (C=O) groups is 1. The minimum Gasteiger partial charge on any atom is -0.302 e. The second-order valence-corrected chi connectivity index (χ2v) is 9.33. The number of halogens is 1. The topological polar surface area (TPSA) is 17.1 Å². The largest absolute Gasteiger partial charge is 0.302 e. The van der Waals surface area contributed by atoms with Crippen LogP contribution in [0.5, 0.6) is 0 Å². The van der Waals surface area contributed by atoms with E-state index in [2.05, 4.69) is 81.8 Å². The van der Waals surface area contributed by atoms with Crippen molar-refractivity contribution in [3.05, 3.63) is 63.2 Å². The van der Waals surface area contributed by atoms with E-state index in [-0.39, 0.29) is 16.7 Å². The smallest absolute Gasteiger partial charge is 0.131 e. The maximum Gasteiger partial charge on any atom is 0.131 e. The van der Waals surface area contributed by atoms with E-state index < -0.39 is 0 Å². The first-order valence-corrected chi connectivity index (χ1v) is 9.19. The van der Waals surface area contributed by atoms with Crippen LogP contribution in [0.3, 0.4) is 0 Å². The van der Waals surface area contributed by atoms with Gasteiger partial charge in [0.25, 0.3) is 0 Å². The van der Waals surface area contributed by atoms with E-state index in [1.165, 1.54) is 11.1 Å². The van der Waals surface area contributed by atoms with Crippen molar-refractivity contribution in [2.24, 2.45) is 16.7 Å². The van der Waals surface area contributed by atoms with E-state index in [0.29, 0.717) is 0 Å². The summed E-state index contributed by atoms with van der Waals surface area (Å²) in [7, 11) is 0. The molecular weight excluding hydrogens is 360 g/mol. The van der Waals surface area contributed by atoms with Gasteiger partial charge in [-0.1, -0.05) is 87.8 Å². The zero-order valence-electron chi connectivity index (χ0n) is 15.5. The van der Waals surface area contributed by atoms with E-state index in [4.69, 9.17) is 0 Å². The van der Waals surface area contributed by atoms with Crippen molar-refractivity contribution < 1.29 is 4.79 Å². The molecule has 2 heteroatoms. The van der Waals surface area contributed by atoms with Gasteiger partial charge >= 0.3 is 0 Å². The van der Waals surface area contributed by atoms with Gasteiger partial charge in [-0.2, -0.15) is 0 Å². The van der Waals surface area contributed by atoms with Crippen LogP contribution in [0.25, 0.3) is 6.08 Å². The van der Waals surface area contributed by atoms with E-state index >= 15 is 0 Å². The summed E-state index contributed by atoms with van der Waals surface area (Å²) in [6.45, 7) is 13.1. The lowest BCUT2D eigenvalue weighted by molar-refractivity contribution is -0.109. The number of aldehydes is 1. The third-order valence-corrected chi connectivity index (χ3v) is 5.13. The normalized spacial score (nSPS) is 18.8. The predicted molar refractivity (Wildman–Crippen MR) is 107 cm³/mol. The highest BCUT2D eigenvalue weighted by Gasteiger charge is 2.35. The minimum absolute atomic E-state index is 0.0522. The van der Waals surface area contributed by atoms with Gasteiger partial charge in [0.1, 0.15) is 6.29 Å². The Bertz CT molecular complexity index is 687. The first-order valence-electron chi connectivity index (χ1n) is 8.39. The Labute approximate surface area is 154 Å². The summed E-state index contributed by atoms with van der Waals surface area (Å²) < 4.78 is 1.08. The number of carbonyl (C=O) groups excluding carboxylic acids is 1. The molecule has 0 N–H and O–H groups in total. The average molecular weight is 387 g/mol. The van der Waals surface area contributed by atoms with Crippen LogP contribution < -0.4 is 0 Å². The molecule has 0 bridgehead atoms. The molecule has 0 fully saturated rings. The summed E-state index contributed by atoms with van der Waals surface area (Å²) in [6, 6.07) is 8.20. The van der Waals surface area contributed by atoms with E-state index in [1.807, 2.05) is 18.2 Å². The first kappa shape index (κ1) is 18.9. The monoisotopic (exact) mass is 386 g/mol. The van der Waals surface area contributed by atoms with Crippen LogP contribution in [0, 0.1) is 16.7 Å². The van der Waals surface area contributed by atoms with Crippen molar-refractivity contribution in [3.8, 4) is 0 Å². The van der Waals surface area contributed by atoms with Crippen LogP contribution in [-0.4, -0.2) is 6.29 Å². The minimum atomic E-state index is -0.138. The Hall–Kier alpha value is -1.41. The molecule has 0 atom stereocenters. The van der Waals surface area contributed by atoms with Crippen molar-refractivity contribution in [1.29, 1.82) is 0 Å². The van der Waals surface area contributed by atoms with Crippen LogP contribution >= 0.6 is 15.9 Å². The van der Waals surface area contributed by atoms with Crippen LogP contribution in [0.4, 0.5) is 0 Å². The van der Waals surface area contributed by atoms with Crippen LogP contribution in [-0.2, 0) is 4.79 Å². The van der Waals surface area contributed by atoms with Gasteiger partial charge in [-0.25, -0.2) is 0 Å². The lowest BCUT2D eigenvalue weighted by Crippen LogP contribution is -2.28. The molecule has 0 heterocycles. The van der Waals surface area contributed by atoms with Gasteiger partial charge in [-0.15, -0.1) is 0 Å². The third kappa shape index (κ3) is 4.16. The summed E-state index contributed by atoms with van der Waals surface area (Å²) in [5, 5.41) is 0. The molecular formula is C22H27BrO. The Balaban J connectivity index is 2.64. The molecule has 0 aliphatic heterocycles. The maximum absolute atomic E-state index is 11.9. The van der Waals surface area contributed by atoms with Gasteiger partial charge in [0.15, 0.2) is 0 Å². The summed E-state index contributed by atoms with van der Waals surface area (Å²) in [5.74, 6) is -0.138. The zero-order valence-corrected chi connectivity index (χ0v) is 17.1. The molecule has 0 radical (unpaired) electrons. The first-order chi connectivity index (χ1) is 11.0. The SMILES string of the molecule is CC(C)(C)C1=CC(=Cc2ccccc2Br)C=C(C(C)(C)C)C1C=O. The number of hydrogen-bond donors (Lipinski definition) is 0. The zero-order chi connectivity index (χ0) is 18.1. The Morgan fingerprint density at radius 2 is 1.42 bits per heavy atom. The van der Waals surface area contributed by atoms with Crippen molar-refractivity contribution in [2.75, 3.05) is 0 Å². The number of benzene rings is 1. The van der Waals surface area contributed by atoms with Crippen LogP contribution in [0.1, 0.15) is 47.1 Å². The van der Waals surface area contributed by atoms with E-state index in [9.17, 15) is 4.79 Å². The molecule has 1 aromatic carbocycles. The second-order valence-electron chi connectivity index (χ2n) is 8.48. The molecule has 1 nitrogen and oxygen atoms in total. The molecule has 1 aliphatic rings. The van der Waals surface area contributed by atoms with Gasteiger partial charge in [0.05, 0.1) is 5.92 Å². The average Bonchev–Trinajstić information content (AvgIpc) is 2.47. The van der Waals surface area contributed by atoms with Crippen LogP contribution in [0.15, 0.2) is 57.6 Å². The van der Waals surface area contributed by atoms with Gasteiger partial charge in [-0.05, 0) is 45.3 Å². The highest BCUT2D eigenvalue weighted by Crippen LogP contribution is 2.44. The fraction of sp³-hybridized carbons (Fsp3) is 0.409. The lowest BCUT2D eigenvalue weighted by atomic mass is 9.67. The van der Waals surface area contributed by atoms with Crippen molar-refractivity contribution in [2.45, 2.75) is 41.5 Å². The van der Waals surface area contributed by atoms with Gasteiger partial charge in [0.2, 0.25) is 0 Å². The molecule has 24 heavy (non-hydrogen) atoms. The van der Waals surface area contributed by atoms with Crippen LogP contribution in [0.2, 0.25) is 0 Å². The summed E-state index contributed by atoms with van der Waals surface area (Å²) in [5.41, 5.74) is 4.56. The van der Waals surface area contributed by atoms with Crippen molar-refractivity contribution in [1.82, 2.24) is 0 Å². The highest BCUT2D eigenvalue weighted by molar-refractivity contribution is 9.10. The molecule has 128 valence electrons. The van der Waals surface area contributed by atoms with E-state index in [0.717, 1.165) is 21.9 Å². The summed E-state index contributed by atoms with van der Waals surface area (Å²) in [4.78, 5) is 11.9. The Morgan fingerprint density at radius 3 is 1.83 bits per heavy atom. The molecule has 0 saturated heterocycles. The van der Waals surface area contributed by atoms with Crippen molar-refractivity contribution >= 4 is 28.3 Å². The molecule has 0 unspecified atom stereocenters. The molecule has 0 aromatic heterocycles. The second kappa shape index (κ2) is 6.84. The Kier molecular flexibility index (Phi) is 5.39. The quantitative estimate of drug-likeness (QED) is 0.522. The molecule has 2 rings (SSSR count). The fourth-order valence-corrected chi connectivity index (χ4v) is 3.51. The molecule has 1 aromatic rings. The fourth-order valence-electron chi connectivity index (χ4n) is 3.12. The van der Waals surface area contributed by atoms with Gasteiger partial charge in [0, 0.05) is 4.47 Å². The summed E-state index contributed by atoms with van der Waals surface area (Å²) >= 11 is 3.62. The molecule has 1 aliphatic carbocycles. The van der Waals surface area contributed by atoms with Gasteiger partial charge < -0.3 is 4.79 Å². The summed E-state index contributed by atoms with van der Waals surface area (Å²) in [6.07, 6.45) is 7.66. The lowest BCUT2D eigenvalue weighted by Gasteiger charge is -2.37. The highest BCUT2D eigenvalue weighted by atomic mass is 79.9. The molecule has 0 amide bonds. The predicted octanol–water partition coefficient (Wildman–Crippen LogP) is 6.61. The maximum atomic E-state index is 11.9.